The van der Waals surface area contributed by atoms with Crippen LogP contribution in [0.4, 0.5) is 5.69 Å². The van der Waals surface area contributed by atoms with Crippen molar-refractivity contribution in [2.75, 3.05) is 24.3 Å². The number of thioether (sulfide) groups is 1. The fourth-order valence-electron chi connectivity index (χ4n) is 1.62. The molecule has 0 bridgehead atoms. The lowest BCUT2D eigenvalue weighted by atomic mass is 10.3. The molecule has 0 fully saturated rings. The van der Waals surface area contributed by atoms with Gasteiger partial charge in [0.05, 0.1) is 10.4 Å². The SMILES string of the molecule is CSCCCNC(=O)c1sc2cccnc2c1N. The van der Waals surface area contributed by atoms with Crippen LogP contribution in [0.5, 0.6) is 0 Å². The van der Waals surface area contributed by atoms with E-state index < -0.39 is 0 Å². The molecule has 0 unspecified atom stereocenters. The average molecular weight is 281 g/mol. The predicted molar refractivity (Wildman–Crippen MR) is 79.4 cm³/mol. The van der Waals surface area contributed by atoms with E-state index in [0.29, 0.717) is 17.1 Å². The van der Waals surface area contributed by atoms with E-state index in [1.807, 2.05) is 12.1 Å². The lowest BCUT2D eigenvalue weighted by Gasteiger charge is -2.03. The number of thiophene rings is 1. The van der Waals surface area contributed by atoms with Crippen molar-refractivity contribution in [1.82, 2.24) is 10.3 Å². The highest BCUT2D eigenvalue weighted by Crippen LogP contribution is 2.31. The van der Waals surface area contributed by atoms with Gasteiger partial charge in [0.15, 0.2) is 0 Å². The van der Waals surface area contributed by atoms with Gasteiger partial charge in [-0.3, -0.25) is 9.78 Å². The molecule has 0 aliphatic heterocycles. The van der Waals surface area contributed by atoms with Crippen LogP contribution in [0.25, 0.3) is 10.2 Å². The number of hydrogen-bond donors (Lipinski definition) is 2. The normalized spacial score (nSPS) is 10.7. The van der Waals surface area contributed by atoms with Crippen molar-refractivity contribution >= 4 is 44.9 Å². The zero-order valence-electron chi connectivity index (χ0n) is 10.1. The first-order chi connectivity index (χ1) is 8.74. The van der Waals surface area contributed by atoms with Crippen LogP contribution in [0.2, 0.25) is 0 Å². The molecule has 2 aromatic rings. The number of aromatic nitrogens is 1. The molecule has 6 heteroatoms. The number of hydrogen-bond acceptors (Lipinski definition) is 5. The van der Waals surface area contributed by atoms with Gasteiger partial charge in [0.1, 0.15) is 10.4 Å². The second-order valence-electron chi connectivity index (χ2n) is 3.80. The van der Waals surface area contributed by atoms with Crippen LogP contribution in [-0.2, 0) is 0 Å². The number of nitrogen functional groups attached to an aromatic ring is 1. The van der Waals surface area contributed by atoms with Gasteiger partial charge in [-0.1, -0.05) is 0 Å². The minimum absolute atomic E-state index is 0.100. The third kappa shape index (κ3) is 2.76. The molecule has 0 radical (unpaired) electrons. The lowest BCUT2D eigenvalue weighted by molar-refractivity contribution is 0.0958. The number of nitrogens with zero attached hydrogens (tertiary/aromatic N) is 1. The molecular weight excluding hydrogens is 266 g/mol. The van der Waals surface area contributed by atoms with Gasteiger partial charge in [-0.2, -0.15) is 11.8 Å². The Hall–Kier alpha value is -1.27. The molecule has 0 aromatic carbocycles. The van der Waals surface area contributed by atoms with Crippen molar-refractivity contribution < 1.29 is 4.79 Å². The summed E-state index contributed by atoms with van der Waals surface area (Å²) in [6, 6.07) is 3.77. The molecule has 96 valence electrons. The average Bonchev–Trinajstić information content (AvgIpc) is 2.73. The first-order valence-electron chi connectivity index (χ1n) is 5.64. The fraction of sp³-hybridized carbons (Fsp3) is 0.333. The maximum atomic E-state index is 12.0. The van der Waals surface area contributed by atoms with Gasteiger partial charge >= 0.3 is 0 Å². The van der Waals surface area contributed by atoms with Gasteiger partial charge in [0.25, 0.3) is 5.91 Å². The molecule has 0 atom stereocenters. The van der Waals surface area contributed by atoms with Crippen LogP contribution in [0.15, 0.2) is 18.3 Å². The Bertz CT molecular complexity index is 553. The van der Waals surface area contributed by atoms with Crippen molar-refractivity contribution in [2.24, 2.45) is 0 Å². The molecule has 18 heavy (non-hydrogen) atoms. The van der Waals surface area contributed by atoms with E-state index in [1.165, 1.54) is 11.3 Å². The standard InChI is InChI=1S/C12H15N3OS2/c1-17-7-3-6-15-12(16)11-9(13)10-8(18-11)4-2-5-14-10/h2,4-5H,3,6-7,13H2,1H3,(H,15,16). The smallest absolute Gasteiger partial charge is 0.263 e. The van der Waals surface area contributed by atoms with Gasteiger partial charge in [-0.15, -0.1) is 11.3 Å². The molecule has 0 saturated carbocycles. The van der Waals surface area contributed by atoms with E-state index in [-0.39, 0.29) is 5.91 Å². The highest BCUT2D eigenvalue weighted by atomic mass is 32.2. The van der Waals surface area contributed by atoms with Crippen LogP contribution in [0.3, 0.4) is 0 Å². The Morgan fingerprint density at radius 3 is 3.17 bits per heavy atom. The van der Waals surface area contributed by atoms with Crippen molar-refractivity contribution in [1.29, 1.82) is 0 Å². The third-order valence-electron chi connectivity index (χ3n) is 2.50. The van der Waals surface area contributed by atoms with Crippen molar-refractivity contribution in [3.63, 3.8) is 0 Å². The summed E-state index contributed by atoms with van der Waals surface area (Å²) >= 11 is 3.16. The number of nitrogens with two attached hydrogens (primary N) is 1. The number of carbonyl (C=O) groups excluding carboxylic acids is 1. The number of rotatable bonds is 5. The second-order valence-corrected chi connectivity index (χ2v) is 5.84. The Kier molecular flexibility index (Phi) is 4.43. The Balaban J connectivity index is 2.10. The van der Waals surface area contributed by atoms with Crippen LogP contribution >= 0.6 is 23.1 Å². The van der Waals surface area contributed by atoms with Crippen molar-refractivity contribution in [3.8, 4) is 0 Å². The number of nitrogens with one attached hydrogen (secondary N) is 1. The zero-order chi connectivity index (χ0) is 13.0. The Morgan fingerprint density at radius 2 is 2.44 bits per heavy atom. The summed E-state index contributed by atoms with van der Waals surface area (Å²) in [5, 5.41) is 2.89. The summed E-state index contributed by atoms with van der Waals surface area (Å²) in [6.07, 6.45) is 4.71. The highest BCUT2D eigenvalue weighted by molar-refractivity contribution is 7.98. The monoisotopic (exact) mass is 281 g/mol. The highest BCUT2D eigenvalue weighted by Gasteiger charge is 2.16. The van der Waals surface area contributed by atoms with Crippen LogP contribution in [-0.4, -0.2) is 29.4 Å². The number of carbonyl (C=O) groups is 1. The molecule has 0 saturated heterocycles. The van der Waals surface area contributed by atoms with Crippen LogP contribution in [0.1, 0.15) is 16.1 Å². The summed E-state index contributed by atoms with van der Waals surface area (Å²) in [5.74, 6) is 0.945. The number of fused-ring (bicyclic) bond motifs is 1. The quantitative estimate of drug-likeness (QED) is 0.826. The largest absolute Gasteiger partial charge is 0.396 e. The maximum absolute atomic E-state index is 12.0. The van der Waals surface area contributed by atoms with Gasteiger partial charge < -0.3 is 11.1 Å². The lowest BCUT2D eigenvalue weighted by Crippen LogP contribution is -2.24. The summed E-state index contributed by atoms with van der Waals surface area (Å²) in [4.78, 5) is 16.7. The van der Waals surface area contributed by atoms with E-state index in [9.17, 15) is 4.79 Å². The summed E-state index contributed by atoms with van der Waals surface area (Å²) < 4.78 is 0.948. The van der Waals surface area contributed by atoms with Crippen molar-refractivity contribution in [3.05, 3.63) is 23.2 Å². The summed E-state index contributed by atoms with van der Waals surface area (Å²) in [7, 11) is 0. The molecular formula is C12H15N3OS2. The minimum atomic E-state index is -0.100. The van der Waals surface area contributed by atoms with Gasteiger partial charge in [-0.05, 0) is 30.6 Å². The molecule has 2 rings (SSSR count). The maximum Gasteiger partial charge on any atom is 0.263 e. The minimum Gasteiger partial charge on any atom is -0.396 e. The van der Waals surface area contributed by atoms with E-state index >= 15 is 0 Å². The van der Waals surface area contributed by atoms with Crippen molar-refractivity contribution in [2.45, 2.75) is 6.42 Å². The summed E-state index contributed by atoms with van der Waals surface area (Å²) in [6.45, 7) is 0.681. The molecule has 2 heterocycles. The van der Waals surface area contributed by atoms with Gasteiger partial charge in [-0.25, -0.2) is 0 Å². The molecule has 2 aromatic heterocycles. The molecule has 0 aliphatic carbocycles. The van der Waals surface area contributed by atoms with Crippen LogP contribution < -0.4 is 11.1 Å². The molecule has 0 aliphatic rings. The Morgan fingerprint density at radius 1 is 1.61 bits per heavy atom. The molecule has 4 nitrogen and oxygen atoms in total. The number of amides is 1. The van der Waals surface area contributed by atoms with Crippen LogP contribution in [0, 0.1) is 0 Å². The second kappa shape index (κ2) is 6.06. The molecule has 0 spiro atoms. The number of pyridine rings is 1. The van der Waals surface area contributed by atoms with E-state index in [1.54, 1.807) is 18.0 Å². The third-order valence-corrected chi connectivity index (χ3v) is 4.36. The molecule has 1 amide bonds. The number of anilines is 1. The van der Waals surface area contributed by atoms with Gasteiger partial charge in [0, 0.05) is 12.7 Å². The summed E-state index contributed by atoms with van der Waals surface area (Å²) in [5.41, 5.74) is 7.16. The predicted octanol–water partition coefficient (Wildman–Crippen LogP) is 2.36. The van der Waals surface area contributed by atoms with E-state index in [0.717, 1.165) is 22.4 Å². The molecule has 3 N–H and O–H groups in total. The first kappa shape index (κ1) is 13.2. The first-order valence-corrected chi connectivity index (χ1v) is 7.85. The Labute approximate surface area is 114 Å². The van der Waals surface area contributed by atoms with E-state index in [4.69, 9.17) is 5.73 Å². The zero-order valence-corrected chi connectivity index (χ0v) is 11.7. The topological polar surface area (TPSA) is 68.0 Å². The fourth-order valence-corrected chi connectivity index (χ4v) is 3.05. The van der Waals surface area contributed by atoms with Gasteiger partial charge in [0.2, 0.25) is 0 Å². The van der Waals surface area contributed by atoms with E-state index in [2.05, 4.69) is 16.6 Å².